The van der Waals surface area contributed by atoms with E-state index in [1.807, 2.05) is 31.2 Å². The van der Waals surface area contributed by atoms with Crippen LogP contribution >= 0.6 is 23.2 Å². The lowest BCUT2D eigenvalue weighted by Crippen LogP contribution is -2.43. The molecule has 168 valence electrons. The largest absolute Gasteiger partial charge is 0.496 e. The van der Waals surface area contributed by atoms with Crippen molar-refractivity contribution in [1.29, 1.82) is 0 Å². The number of benzene rings is 2. The molecule has 1 aliphatic rings. The molecule has 1 amide bonds. The number of methoxy groups -OCH3 is 1. The highest BCUT2D eigenvalue weighted by atomic mass is 35.5. The second kappa shape index (κ2) is 10.2. The molecule has 1 saturated heterocycles. The molecule has 1 aliphatic heterocycles. The number of hydrogen-bond acceptors (Lipinski definition) is 4. The third-order valence-corrected chi connectivity index (χ3v) is 7.95. The Bertz CT molecular complexity index is 1040. The molecule has 0 radical (unpaired) electrons. The molecule has 0 saturated carbocycles. The highest BCUT2D eigenvalue weighted by Crippen LogP contribution is 2.28. The van der Waals surface area contributed by atoms with E-state index in [-0.39, 0.29) is 23.6 Å². The topological polar surface area (TPSA) is 75.7 Å². The molecular formula is C22H26Cl2N2O4S. The maximum Gasteiger partial charge on any atom is 0.223 e. The highest BCUT2D eigenvalue weighted by Gasteiger charge is 2.32. The van der Waals surface area contributed by atoms with Gasteiger partial charge >= 0.3 is 0 Å². The monoisotopic (exact) mass is 484 g/mol. The summed E-state index contributed by atoms with van der Waals surface area (Å²) in [7, 11) is -1.94. The zero-order chi connectivity index (χ0) is 22.6. The maximum atomic E-state index is 12.8. The van der Waals surface area contributed by atoms with E-state index in [1.165, 1.54) is 10.4 Å². The molecule has 6 nitrogen and oxygen atoms in total. The minimum absolute atomic E-state index is 0.0730. The lowest BCUT2D eigenvalue weighted by molar-refractivity contribution is -0.126. The van der Waals surface area contributed by atoms with E-state index in [0.717, 1.165) is 11.3 Å². The molecule has 31 heavy (non-hydrogen) atoms. The summed E-state index contributed by atoms with van der Waals surface area (Å²) in [6, 6.07) is 12.1. The number of ether oxygens (including phenoxy) is 1. The van der Waals surface area contributed by atoms with E-state index in [2.05, 4.69) is 5.32 Å². The van der Waals surface area contributed by atoms with Crippen LogP contribution in [0.2, 0.25) is 10.0 Å². The second-order valence-corrected chi connectivity index (χ2v) is 10.5. The standard InChI is InChI=1S/C22H26Cl2N2O4S/c1-15(19-5-3-4-6-21(19)30-2)25-22(27)16-9-11-26(12-10-16)31(28,29)14-17-7-8-18(23)13-20(17)24/h3-8,13,15-16H,9-12,14H2,1-2H3,(H,25,27). The molecule has 1 unspecified atom stereocenters. The molecule has 0 spiro atoms. The van der Waals surface area contributed by atoms with E-state index in [1.54, 1.807) is 19.2 Å². The molecule has 3 rings (SSSR count). The Hall–Kier alpha value is -1.80. The molecule has 1 atom stereocenters. The summed E-state index contributed by atoms with van der Waals surface area (Å²) in [6.07, 6.45) is 0.941. The molecule has 0 aromatic heterocycles. The summed E-state index contributed by atoms with van der Waals surface area (Å²) in [5, 5.41) is 3.82. The number of piperidine rings is 1. The molecule has 2 aromatic rings. The number of rotatable bonds is 7. The molecule has 0 bridgehead atoms. The molecule has 2 aromatic carbocycles. The quantitative estimate of drug-likeness (QED) is 0.630. The predicted octanol–water partition coefficient (Wildman–Crippen LogP) is 4.42. The maximum absolute atomic E-state index is 12.8. The van der Waals surface area contributed by atoms with Gasteiger partial charge in [0.05, 0.1) is 18.9 Å². The van der Waals surface area contributed by atoms with Crippen molar-refractivity contribution in [3.63, 3.8) is 0 Å². The SMILES string of the molecule is COc1ccccc1C(C)NC(=O)C1CCN(S(=O)(=O)Cc2ccc(Cl)cc2Cl)CC1. The number of amides is 1. The van der Waals surface area contributed by atoms with E-state index >= 15 is 0 Å². The van der Waals surface area contributed by atoms with Crippen LogP contribution in [0.1, 0.15) is 36.9 Å². The van der Waals surface area contributed by atoms with Gasteiger partial charge in [0.1, 0.15) is 5.75 Å². The fraction of sp³-hybridized carbons (Fsp3) is 0.409. The molecular weight excluding hydrogens is 459 g/mol. The lowest BCUT2D eigenvalue weighted by atomic mass is 9.96. The summed E-state index contributed by atoms with van der Waals surface area (Å²) in [5.74, 6) is 0.223. The first-order valence-corrected chi connectivity index (χ1v) is 12.4. The Kier molecular flexibility index (Phi) is 7.86. The fourth-order valence-electron chi connectivity index (χ4n) is 3.76. The summed E-state index contributed by atoms with van der Waals surface area (Å²) in [4.78, 5) is 12.8. The molecule has 1 N–H and O–H groups in total. The normalized spacial score (nSPS) is 16.6. The van der Waals surface area contributed by atoms with Gasteiger partial charge in [0, 0.05) is 34.6 Å². The van der Waals surface area contributed by atoms with Crippen molar-refractivity contribution >= 4 is 39.1 Å². The number of halogens is 2. The van der Waals surface area contributed by atoms with Crippen molar-refractivity contribution in [3.05, 3.63) is 63.6 Å². The third-order valence-electron chi connectivity index (χ3n) is 5.54. The number of para-hydroxylation sites is 1. The number of carbonyl (C=O) groups is 1. The van der Waals surface area contributed by atoms with Crippen molar-refractivity contribution in [2.75, 3.05) is 20.2 Å². The summed E-state index contributed by atoms with van der Waals surface area (Å²) >= 11 is 12.0. The molecule has 9 heteroatoms. The Morgan fingerprint density at radius 1 is 1.19 bits per heavy atom. The van der Waals surface area contributed by atoms with Crippen molar-refractivity contribution in [2.24, 2.45) is 5.92 Å². The van der Waals surface area contributed by atoms with Gasteiger partial charge in [-0.1, -0.05) is 47.5 Å². The van der Waals surface area contributed by atoms with Gasteiger partial charge in [0.15, 0.2) is 0 Å². The van der Waals surface area contributed by atoms with Gasteiger partial charge in [-0.25, -0.2) is 12.7 Å². The highest BCUT2D eigenvalue weighted by molar-refractivity contribution is 7.88. The Labute approximate surface area is 193 Å². The van der Waals surface area contributed by atoms with Crippen LogP contribution in [0.15, 0.2) is 42.5 Å². The van der Waals surface area contributed by atoms with E-state index < -0.39 is 10.0 Å². The number of sulfonamides is 1. The number of hydrogen-bond donors (Lipinski definition) is 1. The Morgan fingerprint density at radius 2 is 1.87 bits per heavy atom. The van der Waals surface area contributed by atoms with Crippen molar-refractivity contribution in [2.45, 2.75) is 31.6 Å². The smallest absolute Gasteiger partial charge is 0.223 e. The minimum Gasteiger partial charge on any atom is -0.496 e. The average Bonchev–Trinajstić information content (AvgIpc) is 2.75. The van der Waals surface area contributed by atoms with Crippen molar-refractivity contribution < 1.29 is 17.9 Å². The van der Waals surface area contributed by atoms with Crippen LogP contribution in [0.25, 0.3) is 0 Å². The van der Waals surface area contributed by atoms with Crippen molar-refractivity contribution in [3.8, 4) is 5.75 Å². The van der Waals surface area contributed by atoms with Gasteiger partial charge in [-0.2, -0.15) is 0 Å². The first-order valence-electron chi connectivity index (χ1n) is 10.1. The van der Waals surface area contributed by atoms with Gasteiger partial charge < -0.3 is 10.1 Å². The number of nitrogens with one attached hydrogen (secondary N) is 1. The van der Waals surface area contributed by atoms with Crippen LogP contribution in [0.5, 0.6) is 5.75 Å². The van der Waals surface area contributed by atoms with Crippen LogP contribution in [0.3, 0.4) is 0 Å². The number of carbonyl (C=O) groups excluding carboxylic acids is 1. The van der Waals surface area contributed by atoms with Crippen LogP contribution in [-0.2, 0) is 20.6 Å². The van der Waals surface area contributed by atoms with Crippen LogP contribution in [0, 0.1) is 5.92 Å². The fourth-order valence-corrected chi connectivity index (χ4v) is 5.90. The second-order valence-electron chi connectivity index (χ2n) is 7.64. The first kappa shape index (κ1) is 23.9. The van der Waals surface area contributed by atoms with Gasteiger partial charge in [-0.05, 0) is 43.5 Å². The first-order chi connectivity index (χ1) is 14.7. The molecule has 0 aliphatic carbocycles. The third kappa shape index (κ3) is 5.92. The van der Waals surface area contributed by atoms with Gasteiger partial charge in [0.2, 0.25) is 15.9 Å². The zero-order valence-electron chi connectivity index (χ0n) is 17.5. The number of nitrogens with zero attached hydrogens (tertiary/aromatic N) is 1. The summed E-state index contributed by atoms with van der Waals surface area (Å²) < 4.78 is 32.4. The van der Waals surface area contributed by atoms with Gasteiger partial charge in [-0.3, -0.25) is 4.79 Å². The van der Waals surface area contributed by atoms with Gasteiger partial charge in [0.25, 0.3) is 0 Å². The lowest BCUT2D eigenvalue weighted by Gasteiger charge is -2.31. The van der Waals surface area contributed by atoms with Crippen molar-refractivity contribution in [1.82, 2.24) is 9.62 Å². The predicted molar refractivity (Wildman–Crippen MR) is 123 cm³/mol. The van der Waals surface area contributed by atoms with E-state index in [4.69, 9.17) is 27.9 Å². The van der Waals surface area contributed by atoms with E-state index in [9.17, 15) is 13.2 Å². The summed E-state index contributed by atoms with van der Waals surface area (Å²) in [6.45, 7) is 2.51. The van der Waals surface area contributed by atoms with Gasteiger partial charge in [-0.15, -0.1) is 0 Å². The zero-order valence-corrected chi connectivity index (χ0v) is 19.8. The Balaban J connectivity index is 1.57. The Morgan fingerprint density at radius 3 is 2.52 bits per heavy atom. The van der Waals surface area contributed by atoms with Crippen LogP contribution < -0.4 is 10.1 Å². The van der Waals surface area contributed by atoms with E-state index in [0.29, 0.717) is 41.5 Å². The van der Waals surface area contributed by atoms with Crippen LogP contribution in [0.4, 0.5) is 0 Å². The molecule has 1 fully saturated rings. The van der Waals surface area contributed by atoms with Crippen LogP contribution in [-0.4, -0.2) is 38.8 Å². The average molecular weight is 485 g/mol. The summed E-state index contributed by atoms with van der Waals surface area (Å²) in [5.41, 5.74) is 1.41. The molecule has 1 heterocycles. The minimum atomic E-state index is -3.54.